The minimum Gasteiger partial charge on any atom is -0.343 e. The van der Waals surface area contributed by atoms with Gasteiger partial charge in [-0.25, -0.2) is 4.79 Å². The summed E-state index contributed by atoms with van der Waals surface area (Å²) in [6.45, 7) is 2.13. The molecule has 0 aliphatic heterocycles. The van der Waals surface area contributed by atoms with Gasteiger partial charge in [-0.05, 0) is 43.3 Å². The number of carbonyl (C=O) groups excluding carboxylic acids is 3. The van der Waals surface area contributed by atoms with Crippen molar-refractivity contribution in [2.45, 2.75) is 6.92 Å². The quantitative estimate of drug-likeness (QED) is 0.625. The van der Waals surface area contributed by atoms with Crippen molar-refractivity contribution >= 4 is 40.8 Å². The number of hydrogen-bond donors (Lipinski definition) is 4. The SMILES string of the molecule is CCNC(=O)Nc1cccc(NC(=O)CNC(=O)c2cccc(Cl)c2)c1. The Kier molecular flexibility index (Phi) is 6.99. The second-order valence-corrected chi connectivity index (χ2v) is 5.74. The molecule has 4 N–H and O–H groups in total. The van der Waals surface area contributed by atoms with Crippen molar-refractivity contribution in [1.29, 1.82) is 0 Å². The Morgan fingerprint density at radius 3 is 2.31 bits per heavy atom. The lowest BCUT2D eigenvalue weighted by Crippen LogP contribution is -2.32. The molecule has 0 aromatic heterocycles. The number of nitrogens with one attached hydrogen (secondary N) is 4. The zero-order chi connectivity index (χ0) is 18.9. The van der Waals surface area contributed by atoms with E-state index < -0.39 is 11.8 Å². The number of hydrogen-bond acceptors (Lipinski definition) is 3. The molecule has 2 aromatic carbocycles. The first kappa shape index (κ1) is 19.3. The Hall–Kier alpha value is -3.06. The Morgan fingerprint density at radius 2 is 1.62 bits per heavy atom. The number of anilines is 2. The summed E-state index contributed by atoms with van der Waals surface area (Å²) in [6, 6.07) is 12.8. The molecule has 26 heavy (non-hydrogen) atoms. The first-order valence-corrected chi connectivity index (χ1v) is 8.34. The fraction of sp³-hybridized carbons (Fsp3) is 0.167. The van der Waals surface area contributed by atoms with Gasteiger partial charge in [-0.3, -0.25) is 9.59 Å². The van der Waals surface area contributed by atoms with Crippen LogP contribution in [-0.2, 0) is 4.79 Å². The number of rotatable bonds is 6. The van der Waals surface area contributed by atoms with Crippen LogP contribution in [0.5, 0.6) is 0 Å². The minimum absolute atomic E-state index is 0.195. The highest BCUT2D eigenvalue weighted by Crippen LogP contribution is 2.15. The summed E-state index contributed by atoms with van der Waals surface area (Å²) in [4.78, 5) is 35.5. The molecule has 2 rings (SSSR count). The molecular formula is C18H19ClN4O3. The summed E-state index contributed by atoms with van der Waals surface area (Å²) in [6.07, 6.45) is 0. The molecule has 136 valence electrons. The highest BCUT2D eigenvalue weighted by Gasteiger charge is 2.09. The van der Waals surface area contributed by atoms with Crippen LogP contribution in [0.1, 0.15) is 17.3 Å². The van der Waals surface area contributed by atoms with Gasteiger partial charge < -0.3 is 21.3 Å². The van der Waals surface area contributed by atoms with Gasteiger partial charge in [0.15, 0.2) is 0 Å². The van der Waals surface area contributed by atoms with E-state index in [0.29, 0.717) is 28.5 Å². The second-order valence-electron chi connectivity index (χ2n) is 5.31. The van der Waals surface area contributed by atoms with Crippen LogP contribution in [0.2, 0.25) is 5.02 Å². The molecule has 8 heteroatoms. The Labute approximate surface area is 156 Å². The highest BCUT2D eigenvalue weighted by atomic mass is 35.5. The van der Waals surface area contributed by atoms with Crippen LogP contribution in [0.25, 0.3) is 0 Å². The summed E-state index contributed by atoms with van der Waals surface area (Å²) in [5.41, 5.74) is 1.41. The molecule has 0 unspecified atom stereocenters. The fourth-order valence-corrected chi connectivity index (χ4v) is 2.30. The van der Waals surface area contributed by atoms with Crippen LogP contribution in [0.15, 0.2) is 48.5 Å². The van der Waals surface area contributed by atoms with Gasteiger partial charge in [-0.2, -0.15) is 0 Å². The van der Waals surface area contributed by atoms with Gasteiger partial charge in [0.05, 0.1) is 6.54 Å². The van der Waals surface area contributed by atoms with Crippen LogP contribution in [0, 0.1) is 0 Å². The predicted octanol–water partition coefficient (Wildman–Crippen LogP) is 2.85. The third-order valence-corrected chi connectivity index (χ3v) is 3.47. The molecule has 4 amide bonds. The van der Waals surface area contributed by atoms with E-state index in [-0.39, 0.29) is 12.6 Å². The van der Waals surface area contributed by atoms with Crippen LogP contribution < -0.4 is 21.3 Å². The normalized spacial score (nSPS) is 9.92. The van der Waals surface area contributed by atoms with Gasteiger partial charge >= 0.3 is 6.03 Å². The smallest absolute Gasteiger partial charge is 0.319 e. The zero-order valence-corrected chi connectivity index (χ0v) is 14.9. The summed E-state index contributed by atoms with van der Waals surface area (Å²) < 4.78 is 0. The summed E-state index contributed by atoms with van der Waals surface area (Å²) in [5, 5.41) is 10.9. The van der Waals surface area contributed by atoms with Gasteiger partial charge in [0.2, 0.25) is 5.91 Å². The molecule has 0 saturated heterocycles. The van der Waals surface area contributed by atoms with Crippen molar-refractivity contribution in [2.75, 3.05) is 23.7 Å². The van der Waals surface area contributed by atoms with Crippen LogP contribution in [-0.4, -0.2) is 30.9 Å². The van der Waals surface area contributed by atoms with Crippen molar-refractivity contribution in [1.82, 2.24) is 10.6 Å². The maximum Gasteiger partial charge on any atom is 0.319 e. The van der Waals surface area contributed by atoms with E-state index in [1.54, 1.807) is 42.5 Å². The molecule has 0 saturated carbocycles. The number of carbonyl (C=O) groups is 3. The Morgan fingerprint density at radius 1 is 0.923 bits per heavy atom. The predicted molar refractivity (Wildman–Crippen MR) is 102 cm³/mol. The molecule has 0 heterocycles. The van der Waals surface area contributed by atoms with E-state index in [2.05, 4.69) is 21.3 Å². The Balaban J connectivity index is 1.87. The molecule has 7 nitrogen and oxygen atoms in total. The monoisotopic (exact) mass is 374 g/mol. The first-order chi connectivity index (χ1) is 12.5. The van der Waals surface area contributed by atoms with E-state index in [1.807, 2.05) is 6.92 Å². The van der Waals surface area contributed by atoms with Crippen molar-refractivity contribution in [2.24, 2.45) is 0 Å². The minimum atomic E-state index is -0.394. The van der Waals surface area contributed by atoms with E-state index in [9.17, 15) is 14.4 Å². The van der Waals surface area contributed by atoms with Gasteiger partial charge in [0, 0.05) is 28.5 Å². The van der Waals surface area contributed by atoms with Crippen LogP contribution in [0.3, 0.4) is 0 Å². The summed E-state index contributed by atoms with van der Waals surface area (Å²) in [7, 11) is 0. The first-order valence-electron chi connectivity index (χ1n) is 7.96. The van der Waals surface area contributed by atoms with Crippen LogP contribution in [0.4, 0.5) is 16.2 Å². The zero-order valence-electron chi connectivity index (χ0n) is 14.1. The molecular weight excluding hydrogens is 356 g/mol. The maximum atomic E-state index is 12.0. The van der Waals surface area contributed by atoms with Crippen molar-refractivity contribution < 1.29 is 14.4 Å². The average molecular weight is 375 g/mol. The van der Waals surface area contributed by atoms with Crippen molar-refractivity contribution in [3.63, 3.8) is 0 Å². The van der Waals surface area contributed by atoms with E-state index in [1.165, 1.54) is 6.07 Å². The standard InChI is InChI=1S/C18H19ClN4O3/c1-2-20-18(26)23-15-8-4-7-14(10-15)22-16(24)11-21-17(25)12-5-3-6-13(19)9-12/h3-10H,2,11H2,1H3,(H,21,25)(H,22,24)(H2,20,23,26). The fourth-order valence-electron chi connectivity index (χ4n) is 2.11. The average Bonchev–Trinajstić information content (AvgIpc) is 2.60. The summed E-state index contributed by atoms with van der Waals surface area (Å²) >= 11 is 5.84. The topological polar surface area (TPSA) is 99.3 Å². The lowest BCUT2D eigenvalue weighted by Gasteiger charge is -2.10. The molecule has 0 radical (unpaired) electrons. The molecule has 0 bridgehead atoms. The third kappa shape index (κ3) is 6.10. The number of amides is 4. The highest BCUT2D eigenvalue weighted by molar-refractivity contribution is 6.31. The van der Waals surface area contributed by atoms with E-state index >= 15 is 0 Å². The van der Waals surface area contributed by atoms with Crippen molar-refractivity contribution in [3.8, 4) is 0 Å². The molecule has 0 atom stereocenters. The van der Waals surface area contributed by atoms with Gasteiger partial charge in [-0.1, -0.05) is 23.7 Å². The lowest BCUT2D eigenvalue weighted by molar-refractivity contribution is -0.115. The molecule has 0 spiro atoms. The molecule has 0 aliphatic carbocycles. The molecule has 0 aliphatic rings. The van der Waals surface area contributed by atoms with Crippen molar-refractivity contribution in [3.05, 3.63) is 59.1 Å². The van der Waals surface area contributed by atoms with Crippen LogP contribution >= 0.6 is 11.6 Å². The van der Waals surface area contributed by atoms with Gasteiger partial charge in [-0.15, -0.1) is 0 Å². The number of benzene rings is 2. The number of urea groups is 1. The van der Waals surface area contributed by atoms with Gasteiger partial charge in [0.1, 0.15) is 0 Å². The Bertz CT molecular complexity index is 811. The number of halogens is 1. The largest absolute Gasteiger partial charge is 0.343 e. The van der Waals surface area contributed by atoms with Gasteiger partial charge in [0.25, 0.3) is 5.91 Å². The molecule has 2 aromatic rings. The second kappa shape index (κ2) is 9.43. The van der Waals surface area contributed by atoms with E-state index in [0.717, 1.165) is 0 Å². The van der Waals surface area contributed by atoms with E-state index in [4.69, 9.17) is 11.6 Å². The third-order valence-electron chi connectivity index (χ3n) is 3.24. The summed E-state index contributed by atoms with van der Waals surface area (Å²) in [5.74, 6) is -0.787. The maximum absolute atomic E-state index is 12.0. The lowest BCUT2D eigenvalue weighted by atomic mass is 10.2. The molecule has 0 fully saturated rings.